The van der Waals surface area contributed by atoms with E-state index in [-0.39, 0.29) is 11.8 Å². The highest BCUT2D eigenvalue weighted by molar-refractivity contribution is 5.84. The Morgan fingerprint density at radius 1 is 0.871 bits per heavy atom. The number of hydrogen-bond donors (Lipinski definition) is 2. The normalized spacial score (nSPS) is 14.2. The number of aromatic nitrogens is 4. The topological polar surface area (TPSA) is 111 Å². The van der Waals surface area contributed by atoms with Gasteiger partial charge in [-0.15, -0.1) is 0 Å². The molecular weight excluding hydrogens is 392 g/mol. The smallest absolute Gasteiger partial charge is 0.224 e. The number of nitrogen functional groups attached to an aromatic ring is 2. The molecule has 0 radical (unpaired) electrons. The molecule has 9 heteroatoms. The van der Waals surface area contributed by atoms with E-state index in [1.54, 1.807) is 13.4 Å². The van der Waals surface area contributed by atoms with Gasteiger partial charge in [0.15, 0.2) is 17.0 Å². The lowest BCUT2D eigenvalue weighted by Gasteiger charge is -2.37. The third-order valence-electron chi connectivity index (χ3n) is 5.63. The second-order valence-corrected chi connectivity index (χ2v) is 7.42. The summed E-state index contributed by atoms with van der Waals surface area (Å²) < 4.78 is 7.53. The largest absolute Gasteiger partial charge is 0.494 e. The van der Waals surface area contributed by atoms with Crippen molar-refractivity contribution in [3.8, 4) is 11.4 Å². The van der Waals surface area contributed by atoms with Gasteiger partial charge in [0, 0.05) is 43.6 Å². The maximum atomic E-state index is 5.95. The molecule has 158 valence electrons. The molecule has 4 N–H and O–H groups in total. The molecule has 2 aromatic heterocycles. The summed E-state index contributed by atoms with van der Waals surface area (Å²) in [5.41, 5.74) is 16.0. The fourth-order valence-corrected chi connectivity index (χ4v) is 4.04. The molecule has 1 aliphatic rings. The number of nitrogens with zero attached hydrogens (tertiary/aromatic N) is 6. The van der Waals surface area contributed by atoms with Crippen molar-refractivity contribution in [3.63, 3.8) is 0 Å². The monoisotopic (exact) mass is 416 g/mol. The molecule has 0 aliphatic carbocycles. The number of nitrogens with two attached hydrogens (primary N) is 2. The molecule has 31 heavy (non-hydrogen) atoms. The third kappa shape index (κ3) is 3.43. The lowest BCUT2D eigenvalue weighted by molar-refractivity contribution is 0.413. The maximum Gasteiger partial charge on any atom is 0.224 e. The fourth-order valence-electron chi connectivity index (χ4n) is 4.04. The number of imidazole rings is 1. The van der Waals surface area contributed by atoms with Gasteiger partial charge < -0.3 is 26.0 Å². The van der Waals surface area contributed by atoms with Crippen LogP contribution in [0.25, 0.3) is 16.9 Å². The van der Waals surface area contributed by atoms with E-state index in [4.69, 9.17) is 16.2 Å². The molecule has 5 rings (SSSR count). The van der Waals surface area contributed by atoms with Gasteiger partial charge in [-0.25, -0.2) is 4.98 Å². The summed E-state index contributed by atoms with van der Waals surface area (Å²) in [7, 11) is 1.66. The van der Waals surface area contributed by atoms with Crippen molar-refractivity contribution >= 4 is 34.3 Å². The van der Waals surface area contributed by atoms with Gasteiger partial charge in [0.05, 0.1) is 12.8 Å². The van der Waals surface area contributed by atoms with Crippen LogP contribution in [-0.4, -0.2) is 52.8 Å². The highest BCUT2D eigenvalue weighted by Crippen LogP contribution is 2.32. The molecule has 3 heterocycles. The molecule has 0 bridgehead atoms. The van der Waals surface area contributed by atoms with Gasteiger partial charge in [-0.1, -0.05) is 18.2 Å². The molecule has 2 aromatic carbocycles. The lowest BCUT2D eigenvalue weighted by Crippen LogP contribution is -2.46. The SMILES string of the molecule is COc1cc(N2CCN(c3ccccc3)CC2)ccc1-n1cnc2c(N)nc(N)nc21. The van der Waals surface area contributed by atoms with E-state index in [2.05, 4.69) is 55.1 Å². The first-order valence-electron chi connectivity index (χ1n) is 10.1. The number of benzene rings is 2. The van der Waals surface area contributed by atoms with Crippen LogP contribution in [0.1, 0.15) is 0 Å². The average Bonchev–Trinajstić information content (AvgIpc) is 3.23. The van der Waals surface area contributed by atoms with E-state index in [1.165, 1.54) is 5.69 Å². The van der Waals surface area contributed by atoms with Crippen LogP contribution in [0.15, 0.2) is 54.9 Å². The summed E-state index contributed by atoms with van der Waals surface area (Å²) >= 11 is 0. The molecule has 0 atom stereocenters. The maximum absolute atomic E-state index is 5.95. The number of piperazine rings is 1. The second kappa shape index (κ2) is 7.67. The van der Waals surface area contributed by atoms with E-state index in [1.807, 2.05) is 22.8 Å². The first kappa shape index (κ1) is 19.0. The Morgan fingerprint density at radius 3 is 2.29 bits per heavy atom. The van der Waals surface area contributed by atoms with Gasteiger partial charge in [0.2, 0.25) is 5.95 Å². The molecule has 0 amide bonds. The number of hydrogen-bond acceptors (Lipinski definition) is 8. The lowest BCUT2D eigenvalue weighted by atomic mass is 10.2. The summed E-state index contributed by atoms with van der Waals surface area (Å²) in [6.45, 7) is 3.81. The zero-order valence-corrected chi connectivity index (χ0v) is 17.3. The summed E-state index contributed by atoms with van der Waals surface area (Å²) in [4.78, 5) is 17.4. The van der Waals surface area contributed by atoms with E-state index >= 15 is 0 Å². The summed E-state index contributed by atoms with van der Waals surface area (Å²) in [5, 5.41) is 0. The minimum atomic E-state index is 0.110. The number of ether oxygens (including phenoxy) is 1. The van der Waals surface area contributed by atoms with E-state index in [0.717, 1.165) is 43.3 Å². The van der Waals surface area contributed by atoms with Gasteiger partial charge in [-0.3, -0.25) is 4.57 Å². The number of methoxy groups -OCH3 is 1. The van der Waals surface area contributed by atoms with Crippen molar-refractivity contribution in [2.24, 2.45) is 0 Å². The standard InChI is InChI=1S/C22H24N8O/c1-31-18-13-16(29-11-9-28(10-12-29)15-5-3-2-4-6-15)7-8-17(18)30-14-25-19-20(23)26-22(24)27-21(19)30/h2-8,13-14H,9-12H2,1H3,(H4,23,24,26,27). The number of fused-ring (bicyclic) bond motifs is 1. The van der Waals surface area contributed by atoms with Crippen LogP contribution in [0.2, 0.25) is 0 Å². The van der Waals surface area contributed by atoms with Gasteiger partial charge in [0.25, 0.3) is 0 Å². The van der Waals surface area contributed by atoms with Gasteiger partial charge in [-0.05, 0) is 24.3 Å². The van der Waals surface area contributed by atoms with Crippen molar-refractivity contribution in [2.45, 2.75) is 0 Å². The molecule has 1 saturated heterocycles. The van der Waals surface area contributed by atoms with Crippen LogP contribution in [-0.2, 0) is 0 Å². The van der Waals surface area contributed by atoms with E-state index in [9.17, 15) is 0 Å². The zero-order valence-electron chi connectivity index (χ0n) is 17.3. The third-order valence-corrected chi connectivity index (χ3v) is 5.63. The highest BCUT2D eigenvalue weighted by Gasteiger charge is 2.20. The first-order valence-corrected chi connectivity index (χ1v) is 10.1. The van der Waals surface area contributed by atoms with Crippen molar-refractivity contribution in [2.75, 3.05) is 54.6 Å². The Labute approximate surface area is 179 Å². The molecule has 1 aliphatic heterocycles. The Hall–Kier alpha value is -4.01. The molecular formula is C22H24N8O. The van der Waals surface area contributed by atoms with Crippen molar-refractivity contribution in [1.82, 2.24) is 19.5 Å². The minimum Gasteiger partial charge on any atom is -0.494 e. The predicted molar refractivity (Wildman–Crippen MR) is 123 cm³/mol. The van der Waals surface area contributed by atoms with Gasteiger partial charge >= 0.3 is 0 Å². The number of para-hydroxylation sites is 1. The van der Waals surface area contributed by atoms with E-state index < -0.39 is 0 Å². The summed E-state index contributed by atoms with van der Waals surface area (Å²) in [6, 6.07) is 16.7. The van der Waals surface area contributed by atoms with E-state index in [0.29, 0.717) is 11.2 Å². The Bertz CT molecular complexity index is 1220. The highest BCUT2D eigenvalue weighted by atomic mass is 16.5. The second-order valence-electron chi connectivity index (χ2n) is 7.42. The average molecular weight is 416 g/mol. The molecule has 1 fully saturated rings. The fraction of sp³-hybridized carbons (Fsp3) is 0.227. The van der Waals surface area contributed by atoms with Crippen LogP contribution < -0.4 is 26.0 Å². The van der Waals surface area contributed by atoms with Crippen molar-refractivity contribution in [1.29, 1.82) is 0 Å². The Kier molecular flexibility index (Phi) is 4.70. The van der Waals surface area contributed by atoms with Gasteiger partial charge in [-0.2, -0.15) is 9.97 Å². The van der Waals surface area contributed by atoms with Crippen molar-refractivity contribution < 1.29 is 4.74 Å². The molecule has 0 unspecified atom stereocenters. The zero-order chi connectivity index (χ0) is 21.4. The van der Waals surface area contributed by atoms with Crippen LogP contribution in [0.4, 0.5) is 23.1 Å². The molecule has 9 nitrogen and oxygen atoms in total. The van der Waals surface area contributed by atoms with Crippen LogP contribution >= 0.6 is 0 Å². The Balaban J connectivity index is 1.42. The van der Waals surface area contributed by atoms with Crippen LogP contribution in [0.5, 0.6) is 5.75 Å². The molecule has 0 saturated carbocycles. The van der Waals surface area contributed by atoms with Crippen LogP contribution in [0.3, 0.4) is 0 Å². The summed E-state index contributed by atoms with van der Waals surface area (Å²) in [5.74, 6) is 1.09. The first-order chi connectivity index (χ1) is 15.1. The predicted octanol–water partition coefficient (Wildman–Crippen LogP) is 2.32. The van der Waals surface area contributed by atoms with Crippen LogP contribution in [0, 0.1) is 0 Å². The minimum absolute atomic E-state index is 0.110. The Morgan fingerprint density at radius 2 is 1.58 bits per heavy atom. The number of rotatable bonds is 4. The van der Waals surface area contributed by atoms with Gasteiger partial charge in [0.1, 0.15) is 12.1 Å². The molecule has 0 spiro atoms. The van der Waals surface area contributed by atoms with Crippen molar-refractivity contribution in [3.05, 3.63) is 54.9 Å². The number of anilines is 4. The molecule has 4 aromatic rings. The quantitative estimate of drug-likeness (QED) is 0.521. The summed E-state index contributed by atoms with van der Waals surface area (Å²) in [6.07, 6.45) is 1.66.